The van der Waals surface area contributed by atoms with E-state index in [4.69, 9.17) is 14.5 Å². The van der Waals surface area contributed by atoms with Crippen LogP contribution in [0.1, 0.15) is 34.7 Å². The number of aryl methyl sites for hydroxylation is 1. The van der Waals surface area contributed by atoms with Gasteiger partial charge in [0.1, 0.15) is 5.75 Å². The number of aromatic hydroxyl groups is 1. The Labute approximate surface area is 225 Å². The maximum atomic E-state index is 13.9. The van der Waals surface area contributed by atoms with Crippen LogP contribution in [0.15, 0.2) is 80.5 Å². The number of phenolic OH excluding ortho intramolecular Hbond substituents is 1. The molecule has 4 aromatic rings. The van der Waals surface area contributed by atoms with Crippen LogP contribution >= 0.6 is 27.3 Å². The van der Waals surface area contributed by atoms with E-state index in [1.807, 2.05) is 41.0 Å². The number of aromatic nitrogens is 1. The summed E-state index contributed by atoms with van der Waals surface area (Å²) in [5.74, 6) is 1.12. The van der Waals surface area contributed by atoms with Crippen molar-refractivity contribution in [2.45, 2.75) is 18.9 Å². The Kier molecular flexibility index (Phi) is 6.01. The van der Waals surface area contributed by atoms with Gasteiger partial charge in [0.2, 0.25) is 0 Å². The normalized spacial score (nSPS) is 16.5. The molecule has 2 heterocycles. The molecule has 6 rings (SSSR count). The van der Waals surface area contributed by atoms with Crippen LogP contribution in [0.2, 0.25) is 0 Å². The summed E-state index contributed by atoms with van der Waals surface area (Å²) in [5.41, 5.74) is 6.18. The smallest absolute Gasteiger partial charge is 0.271 e. The van der Waals surface area contributed by atoms with Gasteiger partial charge in [0.05, 0.1) is 35.0 Å². The van der Waals surface area contributed by atoms with Gasteiger partial charge in [-0.1, -0.05) is 47.7 Å². The molecule has 1 atom stereocenters. The third-order valence-electron chi connectivity index (χ3n) is 6.87. The van der Waals surface area contributed by atoms with Gasteiger partial charge in [-0.3, -0.25) is 9.36 Å². The van der Waals surface area contributed by atoms with Crippen molar-refractivity contribution in [1.82, 2.24) is 4.57 Å². The average Bonchev–Trinajstić information content (AvgIpc) is 3.23. The van der Waals surface area contributed by atoms with Gasteiger partial charge in [0.25, 0.3) is 5.56 Å². The molecule has 0 spiro atoms. The van der Waals surface area contributed by atoms with Crippen LogP contribution in [0.4, 0.5) is 0 Å². The fourth-order valence-electron chi connectivity index (χ4n) is 5.09. The zero-order valence-electron chi connectivity index (χ0n) is 20.2. The molecule has 186 valence electrons. The molecule has 0 amide bonds. The first kappa shape index (κ1) is 23.8. The second kappa shape index (κ2) is 9.36. The van der Waals surface area contributed by atoms with E-state index in [-0.39, 0.29) is 17.4 Å². The Balaban J connectivity index is 1.59. The zero-order chi connectivity index (χ0) is 25.7. The lowest BCUT2D eigenvalue weighted by Gasteiger charge is -2.30. The van der Waals surface area contributed by atoms with Gasteiger partial charge in [-0.2, -0.15) is 0 Å². The van der Waals surface area contributed by atoms with Crippen LogP contribution < -0.4 is 24.4 Å². The van der Waals surface area contributed by atoms with Gasteiger partial charge in [0.15, 0.2) is 16.3 Å². The van der Waals surface area contributed by atoms with Gasteiger partial charge in [-0.25, -0.2) is 4.99 Å². The van der Waals surface area contributed by atoms with Crippen molar-refractivity contribution in [3.8, 4) is 17.2 Å². The number of hydrogen-bond donors (Lipinski definition) is 1. The molecule has 1 aromatic heterocycles. The van der Waals surface area contributed by atoms with Crippen molar-refractivity contribution >= 4 is 39.0 Å². The number of nitrogens with zero attached hydrogens (tertiary/aromatic N) is 2. The van der Waals surface area contributed by atoms with Crippen molar-refractivity contribution in [3.05, 3.63) is 113 Å². The number of hydrogen-bond acceptors (Lipinski definition) is 6. The fraction of sp³-hybridized carbons (Fsp3) is 0.172. The van der Waals surface area contributed by atoms with Crippen LogP contribution in [0.5, 0.6) is 17.2 Å². The minimum atomic E-state index is -0.256. The van der Waals surface area contributed by atoms with Gasteiger partial charge in [0, 0.05) is 5.56 Å². The van der Waals surface area contributed by atoms with Crippen molar-refractivity contribution in [2.75, 3.05) is 14.2 Å². The van der Waals surface area contributed by atoms with E-state index in [1.54, 1.807) is 19.2 Å². The molecule has 1 unspecified atom stereocenters. The molecule has 6 nitrogen and oxygen atoms in total. The van der Waals surface area contributed by atoms with E-state index in [2.05, 4.69) is 34.1 Å². The summed E-state index contributed by atoms with van der Waals surface area (Å²) in [6, 6.07) is 19.5. The first-order valence-electron chi connectivity index (χ1n) is 11.8. The van der Waals surface area contributed by atoms with Crippen molar-refractivity contribution < 1.29 is 14.6 Å². The summed E-state index contributed by atoms with van der Waals surface area (Å²) in [6.45, 7) is 0. The van der Waals surface area contributed by atoms with Gasteiger partial charge in [-0.05, 0) is 81.4 Å². The molecular formula is C29H23BrN2O4S. The molecule has 3 aromatic carbocycles. The van der Waals surface area contributed by atoms with Crippen molar-refractivity contribution in [3.63, 3.8) is 0 Å². The summed E-state index contributed by atoms with van der Waals surface area (Å²) in [6.07, 6.45) is 3.56. The standard InChI is InChI=1S/C29H23BrN2O4S/c1-35-19-10-7-18(8-11-19)26-21-12-9-17-5-3-4-6-20(17)25(21)31-29-32(26)28(34)24(37-29)15-16-13-22(30)27(33)23(14-16)36-2/h3-8,10-11,13-15,26,33H,9,12H2,1-2H3. The van der Waals surface area contributed by atoms with Gasteiger partial charge < -0.3 is 14.6 Å². The minimum Gasteiger partial charge on any atom is -0.503 e. The molecule has 0 radical (unpaired) electrons. The van der Waals surface area contributed by atoms with Gasteiger partial charge >= 0.3 is 0 Å². The van der Waals surface area contributed by atoms with Crippen LogP contribution in [-0.2, 0) is 6.42 Å². The van der Waals surface area contributed by atoms with E-state index in [1.165, 1.54) is 24.0 Å². The second-order valence-electron chi connectivity index (χ2n) is 8.94. The molecule has 0 saturated heterocycles. The Morgan fingerprint density at radius 3 is 2.62 bits per heavy atom. The van der Waals surface area contributed by atoms with Crippen LogP contribution in [0, 0.1) is 0 Å². The number of fused-ring (bicyclic) bond motifs is 3. The molecule has 8 heteroatoms. The quantitative estimate of drug-likeness (QED) is 0.380. The van der Waals surface area contributed by atoms with Crippen LogP contribution in [0.3, 0.4) is 0 Å². The summed E-state index contributed by atoms with van der Waals surface area (Å²) >= 11 is 4.74. The van der Waals surface area contributed by atoms with E-state index in [9.17, 15) is 9.90 Å². The predicted octanol–water partition coefficient (Wildman–Crippen LogP) is 4.80. The number of benzene rings is 3. The molecule has 37 heavy (non-hydrogen) atoms. The number of rotatable bonds is 4. The summed E-state index contributed by atoms with van der Waals surface area (Å²) in [4.78, 5) is 19.6. The van der Waals surface area contributed by atoms with E-state index < -0.39 is 0 Å². The zero-order valence-corrected chi connectivity index (χ0v) is 22.6. The molecular weight excluding hydrogens is 552 g/mol. The molecule has 0 saturated carbocycles. The lowest BCUT2D eigenvalue weighted by Crippen LogP contribution is -2.38. The van der Waals surface area contributed by atoms with Crippen LogP contribution in [0.25, 0.3) is 11.8 Å². The molecule has 1 aliphatic carbocycles. The lowest BCUT2D eigenvalue weighted by molar-refractivity contribution is 0.372. The van der Waals surface area contributed by atoms with Crippen molar-refractivity contribution in [2.24, 2.45) is 4.99 Å². The number of methoxy groups -OCH3 is 2. The average molecular weight is 575 g/mol. The number of allylic oxidation sites excluding steroid dienone is 1. The Hall–Kier alpha value is -3.62. The molecule has 1 aliphatic heterocycles. The number of ether oxygens (including phenoxy) is 2. The molecule has 1 N–H and O–H groups in total. The summed E-state index contributed by atoms with van der Waals surface area (Å²) < 4.78 is 13.5. The first-order chi connectivity index (χ1) is 18.0. The maximum Gasteiger partial charge on any atom is 0.271 e. The van der Waals surface area contributed by atoms with Crippen LogP contribution in [-0.4, -0.2) is 23.9 Å². The first-order valence-corrected chi connectivity index (χ1v) is 13.4. The third-order valence-corrected chi connectivity index (χ3v) is 8.46. The SMILES string of the molecule is COc1ccc(C2C3=C(N=c4sc(=Cc5cc(Br)c(O)c(OC)c5)c(=O)n42)c2ccccc2CC3)cc1. The number of thiazole rings is 1. The fourth-order valence-corrected chi connectivity index (χ4v) is 6.55. The van der Waals surface area contributed by atoms with Crippen molar-refractivity contribution in [1.29, 1.82) is 0 Å². The summed E-state index contributed by atoms with van der Waals surface area (Å²) in [7, 11) is 3.14. The topological polar surface area (TPSA) is 73.1 Å². The highest BCUT2D eigenvalue weighted by molar-refractivity contribution is 9.10. The van der Waals surface area contributed by atoms with Gasteiger partial charge in [-0.15, -0.1) is 0 Å². The predicted molar refractivity (Wildman–Crippen MR) is 148 cm³/mol. The minimum absolute atomic E-state index is 0.0203. The largest absolute Gasteiger partial charge is 0.503 e. The Bertz CT molecular complexity index is 1750. The lowest BCUT2D eigenvalue weighted by atomic mass is 9.83. The highest BCUT2D eigenvalue weighted by Crippen LogP contribution is 2.41. The van der Waals surface area contributed by atoms with E-state index >= 15 is 0 Å². The third kappa shape index (κ3) is 4.01. The summed E-state index contributed by atoms with van der Waals surface area (Å²) in [5, 5.41) is 10.2. The number of phenols is 1. The Morgan fingerprint density at radius 1 is 1.08 bits per heavy atom. The van der Waals surface area contributed by atoms with E-state index in [0.29, 0.717) is 19.6 Å². The highest BCUT2D eigenvalue weighted by atomic mass is 79.9. The highest BCUT2D eigenvalue weighted by Gasteiger charge is 2.32. The molecule has 0 fully saturated rings. The number of halogens is 1. The maximum absolute atomic E-state index is 13.9. The monoisotopic (exact) mass is 574 g/mol. The molecule has 0 bridgehead atoms. The Morgan fingerprint density at radius 2 is 1.86 bits per heavy atom. The second-order valence-corrected chi connectivity index (χ2v) is 10.8. The van der Waals surface area contributed by atoms with E-state index in [0.717, 1.165) is 46.6 Å². The molecule has 2 aliphatic rings.